The van der Waals surface area contributed by atoms with Gasteiger partial charge in [-0.15, -0.1) is 0 Å². The molecule has 1 N–H and O–H groups in total. The number of hydrogen-bond donors (Lipinski definition) is 1. The molecule has 0 aliphatic heterocycles. The minimum atomic E-state index is -0.724. The number of carboxylic acids is 1. The summed E-state index contributed by atoms with van der Waals surface area (Å²) in [4.78, 5) is 38.1. The molecule has 0 bridgehead atoms. The predicted molar refractivity (Wildman–Crippen MR) is 111 cm³/mol. The van der Waals surface area contributed by atoms with Crippen LogP contribution in [0.3, 0.4) is 0 Å². The van der Waals surface area contributed by atoms with Gasteiger partial charge in [0, 0.05) is 17.8 Å². The number of carboxylic acid groups (broad SMARTS) is 1. The van der Waals surface area contributed by atoms with Gasteiger partial charge in [-0.25, -0.2) is 0 Å². The van der Waals surface area contributed by atoms with Crippen molar-refractivity contribution in [2.45, 2.75) is 80.1 Å². The van der Waals surface area contributed by atoms with Gasteiger partial charge in [0.05, 0.1) is 5.92 Å². The Kier molecular flexibility index (Phi) is 4.34. The maximum absolute atomic E-state index is 13.7. The number of carbonyl (C=O) groups is 3. The van der Waals surface area contributed by atoms with E-state index >= 15 is 0 Å². The Morgan fingerprint density at radius 3 is 2.31 bits per heavy atom. The van der Waals surface area contributed by atoms with Gasteiger partial charge in [0.2, 0.25) is 0 Å². The Balaban J connectivity index is 1.82. The maximum atomic E-state index is 13.7. The molecule has 7 atom stereocenters. The van der Waals surface area contributed by atoms with E-state index in [9.17, 15) is 19.5 Å². The van der Waals surface area contributed by atoms with Gasteiger partial charge in [0.15, 0.2) is 5.78 Å². The van der Waals surface area contributed by atoms with Crippen LogP contribution < -0.4 is 0 Å². The minimum absolute atomic E-state index is 0.0857. The second-order valence-electron chi connectivity index (χ2n) is 11.7. The smallest absolute Gasteiger partial charge is 0.306 e. The van der Waals surface area contributed by atoms with Crippen molar-refractivity contribution in [1.82, 2.24) is 0 Å². The van der Waals surface area contributed by atoms with E-state index in [1.807, 2.05) is 26.8 Å². The molecular weight excluding hydrogens is 364 g/mol. The molecule has 4 heteroatoms. The van der Waals surface area contributed by atoms with Crippen molar-refractivity contribution < 1.29 is 19.5 Å². The summed E-state index contributed by atoms with van der Waals surface area (Å²) in [6, 6.07) is 0. The Morgan fingerprint density at radius 1 is 1.03 bits per heavy atom. The van der Waals surface area contributed by atoms with Crippen LogP contribution in [-0.4, -0.2) is 22.6 Å². The van der Waals surface area contributed by atoms with Crippen LogP contribution in [0, 0.1) is 45.3 Å². The van der Waals surface area contributed by atoms with Gasteiger partial charge in [-0.3, -0.25) is 14.4 Å². The molecule has 0 aromatic rings. The monoisotopic (exact) mass is 400 g/mol. The summed E-state index contributed by atoms with van der Waals surface area (Å²) in [5.74, 6) is -0.387. The van der Waals surface area contributed by atoms with Gasteiger partial charge < -0.3 is 5.11 Å². The first-order valence-corrected chi connectivity index (χ1v) is 11.3. The van der Waals surface area contributed by atoms with Gasteiger partial charge in [-0.2, -0.15) is 0 Å². The quantitative estimate of drug-likeness (QED) is 0.703. The summed E-state index contributed by atoms with van der Waals surface area (Å²) in [6.07, 6.45) is 6.96. The van der Waals surface area contributed by atoms with Crippen LogP contribution in [0.15, 0.2) is 11.6 Å². The van der Waals surface area contributed by atoms with E-state index in [0.717, 1.165) is 37.7 Å². The zero-order chi connectivity index (χ0) is 21.6. The predicted octanol–water partition coefficient (Wildman–Crippen LogP) is 5.06. The average Bonchev–Trinajstić information content (AvgIpc) is 2.89. The fraction of sp³-hybridized carbons (Fsp3) is 0.800. The topological polar surface area (TPSA) is 71.4 Å². The Labute approximate surface area is 174 Å². The molecule has 0 aromatic heterocycles. The Hall–Kier alpha value is -1.45. The standard InChI is InChI=1S/C25H36O4/c1-14(21(28)29)15-9-10-25(6)20-18(26)13-17-16(7-8-19(27)22(17,2)3)23(20,4)11-12-24(15,25)5/h13-16,20H,7-12H2,1-6H3,(H,28,29). The molecule has 7 unspecified atom stereocenters. The molecule has 4 aliphatic rings. The number of aliphatic carboxylic acids is 1. The Bertz CT molecular complexity index is 823. The lowest BCUT2D eigenvalue weighted by Gasteiger charge is -2.64. The van der Waals surface area contributed by atoms with Gasteiger partial charge in [-0.05, 0) is 85.7 Å². The van der Waals surface area contributed by atoms with E-state index in [4.69, 9.17) is 0 Å². The molecule has 3 saturated carbocycles. The molecule has 0 aromatic carbocycles. The molecule has 4 nitrogen and oxygen atoms in total. The number of allylic oxidation sites excluding steroid dienone is 2. The number of Topliss-reactive ketones (excluding diaryl/α,β-unsaturated/α-hetero) is 1. The Morgan fingerprint density at radius 2 is 1.69 bits per heavy atom. The SMILES string of the molecule is CC(C(=O)O)C1CCC2(C)C3C(=O)C=C4C(CCC(=O)C4(C)C)C3(C)CCC12C. The average molecular weight is 401 g/mol. The molecule has 160 valence electrons. The molecule has 4 aliphatic carbocycles. The maximum Gasteiger partial charge on any atom is 0.306 e. The number of carbonyl (C=O) groups excluding carboxylic acids is 2. The first-order valence-electron chi connectivity index (χ1n) is 11.3. The number of fused-ring (bicyclic) bond motifs is 5. The first kappa shape index (κ1) is 20.8. The molecule has 0 spiro atoms. The van der Waals surface area contributed by atoms with E-state index in [1.54, 1.807) is 0 Å². The lowest BCUT2D eigenvalue weighted by atomic mass is 9.39. The van der Waals surface area contributed by atoms with Crippen molar-refractivity contribution in [1.29, 1.82) is 0 Å². The van der Waals surface area contributed by atoms with E-state index in [-0.39, 0.29) is 51.5 Å². The third-order valence-corrected chi connectivity index (χ3v) is 10.4. The van der Waals surface area contributed by atoms with Crippen molar-refractivity contribution in [3.63, 3.8) is 0 Å². The minimum Gasteiger partial charge on any atom is -0.481 e. The zero-order valence-corrected chi connectivity index (χ0v) is 18.8. The largest absolute Gasteiger partial charge is 0.481 e. The lowest BCUT2D eigenvalue weighted by molar-refractivity contribution is -0.166. The number of ketones is 2. The highest BCUT2D eigenvalue weighted by Gasteiger charge is 2.69. The first-order chi connectivity index (χ1) is 13.3. The lowest BCUT2D eigenvalue weighted by Crippen LogP contribution is -2.61. The van der Waals surface area contributed by atoms with Crippen LogP contribution in [0.4, 0.5) is 0 Å². The summed E-state index contributed by atoms with van der Waals surface area (Å²) in [6.45, 7) is 12.6. The van der Waals surface area contributed by atoms with Crippen molar-refractivity contribution in [2.75, 3.05) is 0 Å². The van der Waals surface area contributed by atoms with Crippen LogP contribution in [0.25, 0.3) is 0 Å². The van der Waals surface area contributed by atoms with Crippen molar-refractivity contribution >= 4 is 17.5 Å². The molecule has 0 amide bonds. The van der Waals surface area contributed by atoms with E-state index in [0.29, 0.717) is 6.42 Å². The molecular formula is C25H36O4. The van der Waals surface area contributed by atoms with Gasteiger partial charge in [-0.1, -0.05) is 27.7 Å². The summed E-state index contributed by atoms with van der Waals surface area (Å²) >= 11 is 0. The third-order valence-electron chi connectivity index (χ3n) is 10.4. The van der Waals surface area contributed by atoms with Crippen LogP contribution in [-0.2, 0) is 14.4 Å². The zero-order valence-electron chi connectivity index (χ0n) is 18.8. The highest BCUT2D eigenvalue weighted by Crippen LogP contribution is 2.74. The second-order valence-corrected chi connectivity index (χ2v) is 11.7. The van der Waals surface area contributed by atoms with Crippen molar-refractivity contribution in [3.8, 4) is 0 Å². The third kappa shape index (κ3) is 2.41. The molecule has 4 rings (SSSR count). The highest BCUT2D eigenvalue weighted by atomic mass is 16.4. The van der Waals surface area contributed by atoms with Gasteiger partial charge in [0.25, 0.3) is 0 Å². The fourth-order valence-electron chi connectivity index (χ4n) is 8.36. The molecule has 0 saturated heterocycles. The van der Waals surface area contributed by atoms with Crippen LogP contribution in [0.5, 0.6) is 0 Å². The van der Waals surface area contributed by atoms with Crippen LogP contribution >= 0.6 is 0 Å². The van der Waals surface area contributed by atoms with Gasteiger partial charge >= 0.3 is 5.97 Å². The van der Waals surface area contributed by atoms with Crippen molar-refractivity contribution in [3.05, 3.63) is 11.6 Å². The molecule has 29 heavy (non-hydrogen) atoms. The van der Waals surface area contributed by atoms with Crippen molar-refractivity contribution in [2.24, 2.45) is 45.3 Å². The fourth-order valence-corrected chi connectivity index (χ4v) is 8.36. The van der Waals surface area contributed by atoms with Crippen LogP contribution in [0.1, 0.15) is 80.1 Å². The number of hydrogen-bond acceptors (Lipinski definition) is 3. The molecule has 0 radical (unpaired) electrons. The van der Waals surface area contributed by atoms with Crippen LogP contribution in [0.2, 0.25) is 0 Å². The molecule has 3 fully saturated rings. The summed E-state index contributed by atoms with van der Waals surface area (Å²) in [7, 11) is 0. The van der Waals surface area contributed by atoms with E-state index in [1.165, 1.54) is 0 Å². The summed E-state index contributed by atoms with van der Waals surface area (Å²) in [5.41, 5.74) is 0.0202. The van der Waals surface area contributed by atoms with Gasteiger partial charge in [0.1, 0.15) is 5.78 Å². The van der Waals surface area contributed by atoms with E-state index in [2.05, 4.69) is 20.8 Å². The summed E-state index contributed by atoms with van der Waals surface area (Å²) in [5, 5.41) is 9.69. The highest BCUT2D eigenvalue weighted by molar-refractivity contribution is 5.98. The normalized spacial score (nSPS) is 47.0. The summed E-state index contributed by atoms with van der Waals surface area (Å²) < 4.78 is 0. The second kappa shape index (κ2) is 6.04. The van der Waals surface area contributed by atoms with E-state index < -0.39 is 11.4 Å². The number of rotatable bonds is 2. The molecule has 0 heterocycles.